The lowest BCUT2D eigenvalue weighted by molar-refractivity contribution is 0.0603. The van der Waals surface area contributed by atoms with E-state index in [9.17, 15) is 4.79 Å². The van der Waals surface area contributed by atoms with Crippen LogP contribution in [0.15, 0.2) is 29.1 Å². The van der Waals surface area contributed by atoms with Crippen molar-refractivity contribution in [3.8, 4) is 17.2 Å². The molecule has 0 aliphatic carbocycles. The Morgan fingerprint density at radius 3 is 2.21 bits per heavy atom. The van der Waals surface area contributed by atoms with E-state index in [1.54, 1.807) is 24.3 Å². The fraction of sp³-hybridized carbons (Fsp3) is 0.480. The Morgan fingerprint density at radius 1 is 0.947 bits per heavy atom. The van der Waals surface area contributed by atoms with E-state index >= 15 is 0 Å². The minimum absolute atomic E-state index is 0.143. The topological polar surface area (TPSA) is 78.2 Å². The van der Waals surface area contributed by atoms with Crippen LogP contribution in [-0.2, 0) is 0 Å². The van der Waals surface area contributed by atoms with Gasteiger partial charge in [-0.15, -0.1) is 5.10 Å². The van der Waals surface area contributed by atoms with Crippen LogP contribution in [-0.4, -0.2) is 83.2 Å². The molecule has 5 rings (SSSR count). The molecule has 0 spiro atoms. The van der Waals surface area contributed by atoms with Crippen LogP contribution in [0.1, 0.15) is 49.4 Å². The molecule has 38 heavy (non-hydrogen) atoms. The molecular weight excluding hydrogens is 474 g/mol. The first-order valence-corrected chi connectivity index (χ1v) is 12.5. The van der Waals surface area contributed by atoms with E-state index in [-0.39, 0.29) is 23.0 Å². The predicted octanol–water partition coefficient (Wildman–Crippen LogP) is 1.13. The molecule has 2 aromatic heterocycles. The van der Waals surface area contributed by atoms with Gasteiger partial charge in [0.15, 0.2) is 23.0 Å². The molecule has 2 aliphatic rings. The van der Waals surface area contributed by atoms with Crippen LogP contribution in [0.5, 0.6) is 17.2 Å². The van der Waals surface area contributed by atoms with E-state index in [1.165, 1.54) is 4.52 Å². The van der Waals surface area contributed by atoms with Crippen molar-refractivity contribution in [1.29, 1.82) is 0 Å². The smallest absolute Gasteiger partial charge is 0.274 e. The van der Waals surface area contributed by atoms with Crippen molar-refractivity contribution in [1.82, 2.24) is 14.6 Å². The number of hydrogen-bond acceptors (Lipinski definition) is 7. The number of benzene rings is 1. The van der Waals surface area contributed by atoms with Crippen LogP contribution >= 0.6 is 0 Å². The average molecular weight is 500 g/mol. The molecule has 0 N–H and O–H groups in total. The van der Waals surface area contributed by atoms with E-state index < -0.39 is 16.3 Å². The van der Waals surface area contributed by atoms with Crippen molar-refractivity contribution in [3.63, 3.8) is 0 Å². The minimum Gasteiger partial charge on any atom is -0.501 e. The highest BCUT2D eigenvalue weighted by Crippen LogP contribution is 2.42. The van der Waals surface area contributed by atoms with Gasteiger partial charge in [0.05, 0.1) is 11.2 Å². The summed E-state index contributed by atoms with van der Waals surface area (Å²) in [5.41, 5.74) is 2.08. The summed E-state index contributed by atoms with van der Waals surface area (Å²) in [6.07, 6.45) is 1.01. The number of anilines is 1. The third-order valence-electron chi connectivity index (χ3n) is 7.25. The molecule has 3 aromatic rings. The van der Waals surface area contributed by atoms with E-state index in [2.05, 4.69) is 10.00 Å². The molecule has 0 unspecified atom stereocenters. The van der Waals surface area contributed by atoms with E-state index in [0.717, 1.165) is 22.6 Å². The van der Waals surface area contributed by atoms with Crippen molar-refractivity contribution in [3.05, 3.63) is 51.4 Å². The van der Waals surface area contributed by atoms with Gasteiger partial charge in [-0.3, -0.25) is 4.79 Å². The zero-order chi connectivity index (χ0) is 27.6. The Kier molecular flexibility index (Phi) is 6.35. The van der Waals surface area contributed by atoms with Gasteiger partial charge in [0.1, 0.15) is 45.0 Å². The fourth-order valence-corrected chi connectivity index (χ4v) is 4.61. The van der Waals surface area contributed by atoms with Crippen LogP contribution in [0, 0.1) is 13.8 Å². The van der Waals surface area contributed by atoms with Crippen molar-refractivity contribution < 1.29 is 14.2 Å². The van der Waals surface area contributed by atoms with Crippen molar-refractivity contribution in [2.24, 2.45) is 0 Å². The summed E-state index contributed by atoms with van der Waals surface area (Å²) in [6.45, 7) is 9.12. The number of fused-ring (bicyclic) bond motifs is 2. The number of aromatic nitrogens is 3. The number of hydrogen-bond donors (Lipinski definition) is 0. The summed E-state index contributed by atoms with van der Waals surface area (Å²) >= 11 is 0. The van der Waals surface area contributed by atoms with Crippen molar-refractivity contribution in [2.75, 3.05) is 18.0 Å². The van der Waals surface area contributed by atoms with Gasteiger partial charge >= 0.3 is 0 Å². The maximum absolute atomic E-state index is 12.8. The van der Waals surface area contributed by atoms with E-state index in [4.69, 9.17) is 58.4 Å². The molecule has 0 atom stereocenters. The molecule has 2 aliphatic heterocycles. The summed E-state index contributed by atoms with van der Waals surface area (Å²) in [5, 5.41) is 0.825. The second kappa shape index (κ2) is 9.06. The molecule has 1 aromatic carbocycles. The monoisotopic (exact) mass is 500 g/mol. The molecule has 4 heterocycles. The first kappa shape index (κ1) is 26.6. The van der Waals surface area contributed by atoms with Gasteiger partial charge in [-0.05, 0) is 44.7 Å². The van der Waals surface area contributed by atoms with Gasteiger partial charge in [0, 0.05) is 47.1 Å². The first-order valence-electron chi connectivity index (χ1n) is 12.5. The number of rotatable bonds is 4. The SMILES string of the molecule is [B]C1(Oc2ccc3c(c2)OC([B])([B])C([B])([B])O3)CCN(c2nn3c(=O)cc(C(C)C)nc3c(C)c2C)CC1. The molecule has 13 heteroatoms. The summed E-state index contributed by atoms with van der Waals surface area (Å²) < 4.78 is 18.6. The maximum atomic E-state index is 12.8. The highest BCUT2D eigenvalue weighted by molar-refractivity contribution is 6.53. The predicted molar refractivity (Wildman–Crippen MR) is 150 cm³/mol. The molecule has 0 bridgehead atoms. The van der Waals surface area contributed by atoms with Gasteiger partial charge in [0.25, 0.3) is 5.56 Å². The molecule has 184 valence electrons. The maximum Gasteiger partial charge on any atom is 0.274 e. The van der Waals surface area contributed by atoms with Crippen LogP contribution in [0.25, 0.3) is 5.65 Å². The fourth-order valence-electron chi connectivity index (χ4n) is 4.61. The second-order valence-corrected chi connectivity index (χ2v) is 10.5. The standard InChI is InChI=1S/C25H25B5N4O4/c1-13(2)17-12-20(35)34-21(31-17)14(3)15(4)22(32-34)33-9-7-23(26,8-10-33)36-16-5-6-18-19(11-16)38-25(29,30)24(27,28)37-18/h5-6,11-13H,7-10H2,1-4H3. The molecule has 1 saturated heterocycles. The van der Waals surface area contributed by atoms with E-state index in [1.807, 2.05) is 27.7 Å². The quantitative estimate of drug-likeness (QED) is 0.498. The lowest BCUT2D eigenvalue weighted by Crippen LogP contribution is -2.65. The minimum atomic E-state index is -1.94. The summed E-state index contributed by atoms with van der Waals surface area (Å²) in [7, 11) is 30.0. The molecule has 0 amide bonds. The van der Waals surface area contributed by atoms with Gasteiger partial charge in [0.2, 0.25) is 0 Å². The van der Waals surface area contributed by atoms with E-state index in [0.29, 0.717) is 37.3 Å². The number of aryl methyl sites for hydroxylation is 1. The van der Waals surface area contributed by atoms with Crippen molar-refractivity contribution in [2.45, 2.75) is 62.8 Å². The summed E-state index contributed by atoms with van der Waals surface area (Å²) in [4.78, 5) is 19.6. The largest absolute Gasteiger partial charge is 0.501 e. The third kappa shape index (κ3) is 4.58. The second-order valence-electron chi connectivity index (χ2n) is 10.5. The molecule has 8 nitrogen and oxygen atoms in total. The van der Waals surface area contributed by atoms with Crippen molar-refractivity contribution >= 4 is 50.7 Å². The Bertz CT molecular complexity index is 1470. The van der Waals surface area contributed by atoms with Gasteiger partial charge in [-0.2, -0.15) is 4.52 Å². The lowest BCUT2D eigenvalue weighted by atomic mass is 9.41. The molecular formula is C25H25B5N4O4. The Hall–Kier alpha value is -2.97. The highest BCUT2D eigenvalue weighted by atomic mass is 16.6. The Labute approximate surface area is 228 Å². The summed E-state index contributed by atoms with van der Waals surface area (Å²) in [6, 6.07) is 6.42. The normalized spacial score (nSPS) is 19.4. The lowest BCUT2D eigenvalue weighted by Gasteiger charge is -2.48. The van der Waals surface area contributed by atoms with Crippen LogP contribution in [0.2, 0.25) is 0 Å². The van der Waals surface area contributed by atoms with Gasteiger partial charge < -0.3 is 19.1 Å². The van der Waals surface area contributed by atoms with Crippen LogP contribution in [0.3, 0.4) is 0 Å². The zero-order valence-corrected chi connectivity index (χ0v) is 22.0. The number of nitrogens with zero attached hydrogens (tertiary/aromatic N) is 4. The molecule has 10 radical (unpaired) electrons. The first-order chi connectivity index (χ1) is 17.7. The highest BCUT2D eigenvalue weighted by Gasteiger charge is 2.43. The van der Waals surface area contributed by atoms with Crippen LogP contribution < -0.4 is 24.7 Å². The molecule has 0 saturated carbocycles. The average Bonchev–Trinajstić information content (AvgIpc) is 2.82. The van der Waals surface area contributed by atoms with Crippen LogP contribution in [0.4, 0.5) is 5.82 Å². The Balaban J connectivity index is 1.34. The number of ether oxygens (including phenoxy) is 3. The summed E-state index contributed by atoms with van der Waals surface area (Å²) in [5.74, 6) is 1.85. The molecule has 1 fully saturated rings. The third-order valence-corrected chi connectivity index (χ3v) is 7.25. The number of piperidine rings is 1. The zero-order valence-electron chi connectivity index (χ0n) is 22.0. The Morgan fingerprint density at radius 2 is 1.58 bits per heavy atom. The van der Waals surface area contributed by atoms with Gasteiger partial charge in [-0.1, -0.05) is 13.8 Å². The van der Waals surface area contributed by atoms with Gasteiger partial charge in [-0.25, -0.2) is 4.98 Å².